The van der Waals surface area contributed by atoms with Crippen LogP contribution < -0.4 is 5.69 Å². The van der Waals surface area contributed by atoms with Crippen molar-refractivity contribution in [1.82, 2.24) is 24.2 Å². The number of benzene rings is 1. The molecule has 1 aromatic carbocycles. The number of para-hydroxylation sites is 1. The molecule has 1 amide bonds. The van der Waals surface area contributed by atoms with Crippen molar-refractivity contribution in [2.45, 2.75) is 25.7 Å². The zero-order valence-electron chi connectivity index (χ0n) is 16.1. The Morgan fingerprint density at radius 1 is 1.18 bits per heavy atom. The molecule has 28 heavy (non-hydrogen) atoms. The van der Waals surface area contributed by atoms with Gasteiger partial charge in [-0.3, -0.25) is 9.78 Å². The van der Waals surface area contributed by atoms with E-state index < -0.39 is 0 Å². The number of amides is 1. The van der Waals surface area contributed by atoms with E-state index in [9.17, 15) is 9.59 Å². The molecule has 0 radical (unpaired) electrons. The van der Waals surface area contributed by atoms with Gasteiger partial charge in [0.25, 0.3) is 5.91 Å². The lowest BCUT2D eigenvalue weighted by molar-refractivity contribution is 0.0703. The summed E-state index contributed by atoms with van der Waals surface area (Å²) in [6, 6.07) is 11.4. The minimum Gasteiger partial charge on any atom is -0.338 e. The summed E-state index contributed by atoms with van der Waals surface area (Å²) < 4.78 is 3.03. The van der Waals surface area contributed by atoms with Crippen molar-refractivity contribution in [2.24, 2.45) is 7.05 Å². The van der Waals surface area contributed by atoms with Gasteiger partial charge in [0.15, 0.2) is 0 Å². The largest absolute Gasteiger partial charge is 0.350 e. The van der Waals surface area contributed by atoms with Crippen LogP contribution in [0.4, 0.5) is 0 Å². The summed E-state index contributed by atoms with van der Waals surface area (Å²) in [5.74, 6) is 0.689. The maximum absolute atomic E-state index is 12.9. The highest BCUT2D eigenvalue weighted by atomic mass is 16.2. The number of aryl methyl sites for hydroxylation is 2. The first-order valence-electron chi connectivity index (χ1n) is 9.47. The van der Waals surface area contributed by atoms with E-state index in [1.807, 2.05) is 48.2 Å². The Bertz CT molecular complexity index is 1050. The van der Waals surface area contributed by atoms with Gasteiger partial charge in [-0.2, -0.15) is 5.10 Å². The molecule has 144 valence electrons. The molecule has 0 aliphatic carbocycles. The molecule has 1 aliphatic rings. The Labute approximate surface area is 163 Å². The monoisotopic (exact) mass is 377 g/mol. The molecule has 7 heteroatoms. The van der Waals surface area contributed by atoms with Crippen LogP contribution in [0.15, 0.2) is 53.6 Å². The fraction of sp³-hybridized carbons (Fsp3) is 0.333. The molecule has 0 bridgehead atoms. The zero-order chi connectivity index (χ0) is 19.7. The lowest BCUT2D eigenvalue weighted by Gasteiger charge is -2.32. The number of likely N-dealkylation sites (tertiary alicyclic amines) is 1. The van der Waals surface area contributed by atoms with Crippen LogP contribution in [-0.4, -0.2) is 43.2 Å². The van der Waals surface area contributed by atoms with Crippen molar-refractivity contribution in [3.8, 4) is 5.69 Å². The molecule has 0 spiro atoms. The summed E-state index contributed by atoms with van der Waals surface area (Å²) in [5.41, 5.74) is 2.18. The first-order chi connectivity index (χ1) is 13.5. The average Bonchev–Trinajstić information content (AvgIpc) is 3.03. The number of rotatable bonds is 3. The molecule has 1 unspecified atom stereocenters. The summed E-state index contributed by atoms with van der Waals surface area (Å²) >= 11 is 0. The van der Waals surface area contributed by atoms with Gasteiger partial charge in [-0.05, 0) is 43.5 Å². The van der Waals surface area contributed by atoms with Crippen LogP contribution in [0, 0.1) is 6.92 Å². The van der Waals surface area contributed by atoms with E-state index in [0.717, 1.165) is 24.1 Å². The highest BCUT2D eigenvalue weighted by Gasteiger charge is 2.30. The highest BCUT2D eigenvalue weighted by Crippen LogP contribution is 2.27. The lowest BCUT2D eigenvalue weighted by Crippen LogP contribution is -2.40. The summed E-state index contributed by atoms with van der Waals surface area (Å²) in [4.78, 5) is 31.6. The van der Waals surface area contributed by atoms with E-state index in [1.54, 1.807) is 24.0 Å². The van der Waals surface area contributed by atoms with Gasteiger partial charge < -0.3 is 4.90 Å². The second kappa shape index (κ2) is 7.42. The first kappa shape index (κ1) is 18.2. The zero-order valence-corrected chi connectivity index (χ0v) is 16.1. The van der Waals surface area contributed by atoms with Crippen LogP contribution in [-0.2, 0) is 7.05 Å². The van der Waals surface area contributed by atoms with Crippen LogP contribution >= 0.6 is 0 Å². The van der Waals surface area contributed by atoms with Crippen molar-refractivity contribution in [3.05, 3.63) is 76.2 Å². The van der Waals surface area contributed by atoms with Gasteiger partial charge in [-0.1, -0.05) is 18.2 Å². The molecule has 1 saturated heterocycles. The molecule has 0 saturated carbocycles. The predicted octanol–water partition coefficient (Wildman–Crippen LogP) is 2.29. The SMILES string of the molecule is Cc1cncc(C(=O)N2CCCC(c3nn(C)c(=O)n3-c3ccccc3)C2)c1. The molecule has 7 nitrogen and oxygen atoms in total. The van der Waals surface area contributed by atoms with Crippen LogP contribution in [0.25, 0.3) is 5.69 Å². The molecule has 4 rings (SSSR count). The van der Waals surface area contributed by atoms with Gasteiger partial charge >= 0.3 is 5.69 Å². The number of nitrogens with zero attached hydrogens (tertiary/aromatic N) is 5. The van der Waals surface area contributed by atoms with E-state index in [0.29, 0.717) is 24.5 Å². The second-order valence-corrected chi connectivity index (χ2v) is 7.28. The second-order valence-electron chi connectivity index (χ2n) is 7.28. The maximum atomic E-state index is 12.9. The normalized spacial score (nSPS) is 16.9. The molecule has 3 aromatic rings. The number of carbonyl (C=O) groups is 1. The number of carbonyl (C=O) groups excluding carboxylic acids is 1. The van der Waals surface area contributed by atoms with Crippen LogP contribution in [0.2, 0.25) is 0 Å². The molecule has 3 heterocycles. The number of aromatic nitrogens is 4. The third-order valence-corrected chi connectivity index (χ3v) is 5.16. The molecule has 1 fully saturated rings. The quantitative estimate of drug-likeness (QED) is 0.702. The van der Waals surface area contributed by atoms with Crippen molar-refractivity contribution in [3.63, 3.8) is 0 Å². The van der Waals surface area contributed by atoms with Gasteiger partial charge in [0.05, 0.1) is 11.3 Å². The van der Waals surface area contributed by atoms with Crippen molar-refractivity contribution in [2.75, 3.05) is 13.1 Å². The molecule has 2 aromatic heterocycles. The topological polar surface area (TPSA) is 73.0 Å². The van der Waals surface area contributed by atoms with E-state index in [4.69, 9.17) is 0 Å². The summed E-state index contributed by atoms with van der Waals surface area (Å²) in [7, 11) is 1.66. The molecule has 0 N–H and O–H groups in total. The average molecular weight is 377 g/mol. The standard InChI is InChI=1S/C21H23N5O2/c1-15-11-17(13-22-12-15)20(27)25-10-6-7-16(14-25)19-23-24(2)21(28)26(19)18-8-4-3-5-9-18/h3-5,8-9,11-13,16H,6-7,10,14H2,1-2H3. The van der Waals surface area contributed by atoms with Crippen LogP contribution in [0.1, 0.15) is 40.5 Å². The van der Waals surface area contributed by atoms with Crippen LogP contribution in [0.3, 0.4) is 0 Å². The summed E-state index contributed by atoms with van der Waals surface area (Å²) in [5, 5.41) is 4.51. The van der Waals surface area contributed by atoms with Crippen molar-refractivity contribution < 1.29 is 4.79 Å². The predicted molar refractivity (Wildman–Crippen MR) is 106 cm³/mol. The van der Waals surface area contributed by atoms with Gasteiger partial charge in [-0.15, -0.1) is 0 Å². The minimum absolute atomic E-state index is 0.00424. The Morgan fingerprint density at radius 2 is 1.96 bits per heavy atom. The Kier molecular flexibility index (Phi) is 4.81. The van der Waals surface area contributed by atoms with E-state index in [-0.39, 0.29) is 17.5 Å². The number of hydrogen-bond acceptors (Lipinski definition) is 4. The fourth-order valence-electron chi connectivity index (χ4n) is 3.79. The fourth-order valence-corrected chi connectivity index (χ4v) is 3.79. The van der Waals surface area contributed by atoms with Gasteiger partial charge in [-0.25, -0.2) is 14.0 Å². The molecule has 1 atom stereocenters. The number of pyridine rings is 1. The third kappa shape index (κ3) is 3.35. The van der Waals surface area contributed by atoms with E-state index in [2.05, 4.69) is 10.1 Å². The number of hydrogen-bond donors (Lipinski definition) is 0. The maximum Gasteiger partial charge on any atom is 0.350 e. The molecular formula is C21H23N5O2. The number of piperidine rings is 1. The molecular weight excluding hydrogens is 354 g/mol. The molecule has 1 aliphatic heterocycles. The minimum atomic E-state index is -0.174. The van der Waals surface area contributed by atoms with E-state index in [1.165, 1.54) is 4.68 Å². The first-order valence-corrected chi connectivity index (χ1v) is 9.47. The smallest absolute Gasteiger partial charge is 0.338 e. The Balaban J connectivity index is 1.65. The lowest BCUT2D eigenvalue weighted by atomic mass is 9.96. The van der Waals surface area contributed by atoms with Gasteiger partial charge in [0.1, 0.15) is 5.82 Å². The van der Waals surface area contributed by atoms with Crippen LogP contribution in [0.5, 0.6) is 0 Å². The Morgan fingerprint density at radius 3 is 2.71 bits per heavy atom. The van der Waals surface area contributed by atoms with Gasteiger partial charge in [0.2, 0.25) is 0 Å². The summed E-state index contributed by atoms with van der Waals surface area (Å²) in [6.45, 7) is 3.16. The van der Waals surface area contributed by atoms with Crippen molar-refractivity contribution >= 4 is 5.91 Å². The van der Waals surface area contributed by atoms with E-state index >= 15 is 0 Å². The highest BCUT2D eigenvalue weighted by molar-refractivity contribution is 5.94. The van der Waals surface area contributed by atoms with Crippen molar-refractivity contribution in [1.29, 1.82) is 0 Å². The Hall–Kier alpha value is -3.22. The van der Waals surface area contributed by atoms with Gasteiger partial charge in [0, 0.05) is 38.4 Å². The third-order valence-electron chi connectivity index (χ3n) is 5.16. The summed E-state index contributed by atoms with van der Waals surface area (Å²) in [6.07, 6.45) is 5.11.